The van der Waals surface area contributed by atoms with E-state index < -0.39 is 0 Å². The molecule has 0 saturated carbocycles. The van der Waals surface area contributed by atoms with Crippen molar-refractivity contribution >= 4 is 45.8 Å². The van der Waals surface area contributed by atoms with Crippen LogP contribution in [-0.4, -0.2) is 14.8 Å². The Labute approximate surface area is 74.0 Å². The van der Waals surface area contributed by atoms with Gasteiger partial charge in [-0.15, -0.1) is 0 Å². The number of halogens is 1. The van der Waals surface area contributed by atoms with Gasteiger partial charge in [0.1, 0.15) is 10.8 Å². The number of rotatable bonds is 0. The first kappa shape index (κ1) is 7.85. The van der Waals surface area contributed by atoms with Crippen molar-refractivity contribution in [1.82, 2.24) is 0 Å². The average Bonchev–Trinajstić information content (AvgIpc) is 1.93. The number of thiocarbonyl (C=S) groups is 2. The van der Waals surface area contributed by atoms with Crippen LogP contribution in [0.3, 0.4) is 0 Å². The summed E-state index contributed by atoms with van der Waals surface area (Å²) in [7, 11) is 0. The third kappa shape index (κ3) is 1.26. The molecule has 4 heteroatoms. The SMILES string of the molecule is OC1=C(Cl)C(=S)C(=S)C=C1. The lowest BCUT2D eigenvalue weighted by atomic mass is 10.2. The van der Waals surface area contributed by atoms with Crippen molar-refractivity contribution in [3.05, 3.63) is 22.9 Å². The molecule has 1 N–H and O–H groups in total. The fraction of sp³-hybridized carbons (Fsp3) is 0. The minimum Gasteiger partial charge on any atom is -0.506 e. The molecule has 52 valence electrons. The molecular weight excluding hydrogens is 188 g/mol. The topological polar surface area (TPSA) is 20.2 Å². The van der Waals surface area contributed by atoms with Crippen LogP contribution in [0, 0.1) is 0 Å². The highest BCUT2D eigenvalue weighted by Gasteiger charge is 2.14. The third-order valence-corrected chi connectivity index (χ3v) is 2.43. The van der Waals surface area contributed by atoms with E-state index in [1.165, 1.54) is 6.08 Å². The van der Waals surface area contributed by atoms with Crippen LogP contribution in [0.25, 0.3) is 0 Å². The van der Waals surface area contributed by atoms with Gasteiger partial charge in [0.15, 0.2) is 0 Å². The Hall–Kier alpha value is -0.250. The van der Waals surface area contributed by atoms with Crippen LogP contribution < -0.4 is 0 Å². The standard InChI is InChI=1S/C6H3ClOS2/c7-5-3(8)1-2-4(9)6(5)10/h1-2,8H. The molecule has 0 heterocycles. The van der Waals surface area contributed by atoms with Gasteiger partial charge in [-0.3, -0.25) is 0 Å². The Morgan fingerprint density at radius 3 is 2.40 bits per heavy atom. The molecule has 1 rings (SSSR count). The quantitative estimate of drug-likeness (QED) is 0.592. The fourth-order valence-electron chi connectivity index (χ4n) is 0.528. The van der Waals surface area contributed by atoms with E-state index in [1.807, 2.05) is 0 Å². The summed E-state index contributed by atoms with van der Waals surface area (Å²) < 4.78 is 0. The molecule has 0 unspecified atom stereocenters. The summed E-state index contributed by atoms with van der Waals surface area (Å²) >= 11 is 15.1. The largest absolute Gasteiger partial charge is 0.506 e. The smallest absolute Gasteiger partial charge is 0.135 e. The van der Waals surface area contributed by atoms with E-state index in [9.17, 15) is 0 Å². The van der Waals surface area contributed by atoms with E-state index in [4.69, 9.17) is 41.1 Å². The summed E-state index contributed by atoms with van der Waals surface area (Å²) in [6.07, 6.45) is 2.99. The minimum atomic E-state index is -0.0136. The second-order valence-electron chi connectivity index (χ2n) is 1.73. The van der Waals surface area contributed by atoms with E-state index in [2.05, 4.69) is 0 Å². The Morgan fingerprint density at radius 1 is 1.30 bits per heavy atom. The molecule has 1 aliphatic carbocycles. The van der Waals surface area contributed by atoms with Crippen LogP contribution in [0.5, 0.6) is 0 Å². The van der Waals surface area contributed by atoms with Gasteiger partial charge in [-0.05, 0) is 12.2 Å². The van der Waals surface area contributed by atoms with Crippen molar-refractivity contribution in [1.29, 1.82) is 0 Å². The first-order valence-corrected chi connectivity index (χ1v) is 3.68. The van der Waals surface area contributed by atoms with Crippen LogP contribution in [0.1, 0.15) is 0 Å². The van der Waals surface area contributed by atoms with E-state index in [1.54, 1.807) is 6.08 Å². The monoisotopic (exact) mass is 190 g/mol. The Bertz CT molecular complexity index is 265. The third-order valence-electron chi connectivity index (χ3n) is 1.04. The van der Waals surface area contributed by atoms with Crippen LogP contribution in [0.4, 0.5) is 0 Å². The molecule has 1 nitrogen and oxygen atoms in total. The molecule has 0 saturated heterocycles. The molecule has 1 aliphatic rings. The van der Waals surface area contributed by atoms with Gasteiger partial charge in [0.05, 0.1) is 9.73 Å². The maximum Gasteiger partial charge on any atom is 0.135 e. The van der Waals surface area contributed by atoms with Gasteiger partial charge in [0.2, 0.25) is 0 Å². The molecule has 0 spiro atoms. The summed E-state index contributed by atoms with van der Waals surface area (Å²) in [5.41, 5.74) is 0. The van der Waals surface area contributed by atoms with Gasteiger partial charge in [-0.25, -0.2) is 0 Å². The molecule has 0 amide bonds. The minimum absolute atomic E-state index is 0.0136. The predicted molar refractivity (Wildman–Crippen MR) is 49.8 cm³/mol. The molecule has 0 aromatic rings. The van der Waals surface area contributed by atoms with E-state index in [0.717, 1.165) is 0 Å². The maximum atomic E-state index is 8.98. The fourth-order valence-corrected chi connectivity index (χ4v) is 1.09. The summed E-state index contributed by atoms with van der Waals surface area (Å²) in [6.45, 7) is 0. The lowest BCUT2D eigenvalue weighted by Gasteiger charge is -2.06. The summed E-state index contributed by atoms with van der Waals surface area (Å²) in [5.74, 6) is -0.0136. The molecular formula is C6H3ClOS2. The highest BCUT2D eigenvalue weighted by atomic mass is 35.5. The highest BCUT2D eigenvalue weighted by molar-refractivity contribution is 7.90. The van der Waals surface area contributed by atoms with Gasteiger partial charge >= 0.3 is 0 Å². The van der Waals surface area contributed by atoms with E-state index in [0.29, 0.717) is 9.73 Å². The highest BCUT2D eigenvalue weighted by Crippen LogP contribution is 2.17. The summed E-state index contributed by atoms with van der Waals surface area (Å²) in [4.78, 5) is 0.842. The first-order valence-electron chi connectivity index (χ1n) is 2.48. The Balaban J connectivity index is 3.11. The lowest BCUT2D eigenvalue weighted by molar-refractivity contribution is 0.432. The van der Waals surface area contributed by atoms with Crippen molar-refractivity contribution in [2.75, 3.05) is 0 Å². The van der Waals surface area contributed by atoms with Gasteiger partial charge in [0.25, 0.3) is 0 Å². The molecule has 10 heavy (non-hydrogen) atoms. The van der Waals surface area contributed by atoms with Gasteiger partial charge in [0, 0.05) is 0 Å². The zero-order valence-corrected chi connectivity index (χ0v) is 7.19. The number of allylic oxidation sites excluding steroid dienone is 3. The number of aliphatic hydroxyl groups excluding tert-OH is 1. The van der Waals surface area contributed by atoms with Crippen LogP contribution in [0.15, 0.2) is 22.9 Å². The normalized spacial score (nSPS) is 18.5. The van der Waals surface area contributed by atoms with Gasteiger partial charge < -0.3 is 5.11 Å². The Kier molecular flexibility index (Phi) is 2.18. The number of hydrogen-bond donors (Lipinski definition) is 1. The van der Waals surface area contributed by atoms with E-state index in [-0.39, 0.29) is 10.8 Å². The van der Waals surface area contributed by atoms with Gasteiger partial charge in [-0.2, -0.15) is 0 Å². The number of aliphatic hydroxyl groups is 1. The first-order chi connectivity index (χ1) is 4.63. The zero-order chi connectivity index (χ0) is 7.72. The van der Waals surface area contributed by atoms with Crippen molar-refractivity contribution < 1.29 is 5.11 Å². The van der Waals surface area contributed by atoms with Crippen molar-refractivity contribution in [3.8, 4) is 0 Å². The summed E-state index contributed by atoms with van der Waals surface area (Å²) in [5, 5.41) is 9.15. The van der Waals surface area contributed by atoms with Crippen molar-refractivity contribution in [2.24, 2.45) is 0 Å². The number of hydrogen-bond acceptors (Lipinski definition) is 3. The molecule has 0 atom stereocenters. The molecule has 0 aromatic heterocycles. The second kappa shape index (κ2) is 2.78. The molecule has 0 aromatic carbocycles. The average molecular weight is 191 g/mol. The summed E-state index contributed by atoms with van der Waals surface area (Å²) in [6, 6.07) is 0. The molecule has 0 aliphatic heterocycles. The molecule has 0 fully saturated rings. The van der Waals surface area contributed by atoms with Gasteiger partial charge in [-0.1, -0.05) is 36.0 Å². The molecule has 0 bridgehead atoms. The molecule has 0 radical (unpaired) electrons. The zero-order valence-electron chi connectivity index (χ0n) is 4.80. The Morgan fingerprint density at radius 2 is 1.90 bits per heavy atom. The van der Waals surface area contributed by atoms with Crippen molar-refractivity contribution in [2.45, 2.75) is 0 Å². The predicted octanol–water partition coefficient (Wildman–Crippen LogP) is 2.30. The van der Waals surface area contributed by atoms with Crippen LogP contribution >= 0.6 is 36.0 Å². The van der Waals surface area contributed by atoms with Crippen LogP contribution in [-0.2, 0) is 0 Å². The van der Waals surface area contributed by atoms with E-state index >= 15 is 0 Å². The van der Waals surface area contributed by atoms with Crippen molar-refractivity contribution in [3.63, 3.8) is 0 Å². The lowest BCUT2D eigenvalue weighted by Crippen LogP contribution is -2.11. The second-order valence-corrected chi connectivity index (χ2v) is 2.95. The van der Waals surface area contributed by atoms with Crippen LogP contribution in [0.2, 0.25) is 0 Å². The maximum absolute atomic E-state index is 8.98.